The molecular weight excluding hydrogens is 344 g/mol. The molecule has 0 aromatic heterocycles. The quantitative estimate of drug-likeness (QED) is 0.733. The fourth-order valence-corrected chi connectivity index (χ4v) is 2.31. The number of methoxy groups -OCH3 is 2. The van der Waals surface area contributed by atoms with E-state index in [9.17, 15) is 4.79 Å². The van der Waals surface area contributed by atoms with Crippen LogP contribution < -0.4 is 20.1 Å². The van der Waals surface area contributed by atoms with E-state index in [0.717, 1.165) is 5.56 Å². The number of para-hydroxylation sites is 1. The molecule has 0 aliphatic carbocycles. The molecule has 2 aromatic rings. The van der Waals surface area contributed by atoms with E-state index < -0.39 is 0 Å². The minimum atomic E-state index is -0.295. The minimum Gasteiger partial charge on any atom is -0.493 e. The number of allylic oxidation sites excluding steroid dienone is 1. The maximum atomic E-state index is 12.5. The lowest BCUT2D eigenvalue weighted by atomic mass is 10.1. The number of carbonyl (C=O) groups excluding carboxylic acids is 1. The van der Waals surface area contributed by atoms with E-state index in [1.54, 1.807) is 62.8 Å². The summed E-state index contributed by atoms with van der Waals surface area (Å²) in [5.41, 5.74) is 1.65. The smallest absolute Gasteiger partial charge is 0.253 e. The van der Waals surface area contributed by atoms with Crippen molar-refractivity contribution in [2.24, 2.45) is 0 Å². The Morgan fingerprint density at radius 3 is 2.44 bits per heavy atom. The highest BCUT2D eigenvalue weighted by Crippen LogP contribution is 2.27. The van der Waals surface area contributed by atoms with Crippen LogP contribution in [0, 0.1) is 22.7 Å². The van der Waals surface area contributed by atoms with Crippen LogP contribution in [0.2, 0.25) is 0 Å². The summed E-state index contributed by atoms with van der Waals surface area (Å²) in [5.74, 6) is 0.897. The van der Waals surface area contributed by atoms with Crippen LogP contribution in [0.5, 0.6) is 11.5 Å². The molecule has 136 valence electrons. The zero-order valence-corrected chi connectivity index (χ0v) is 14.9. The fourth-order valence-electron chi connectivity index (χ4n) is 2.31. The number of ether oxygens (including phenoxy) is 2. The van der Waals surface area contributed by atoms with E-state index in [2.05, 4.69) is 10.6 Å². The van der Waals surface area contributed by atoms with Gasteiger partial charge in [-0.1, -0.05) is 18.2 Å². The number of nitrogens with zero attached hydrogens (tertiary/aromatic N) is 2. The lowest BCUT2D eigenvalue weighted by Gasteiger charge is -2.12. The van der Waals surface area contributed by atoms with Gasteiger partial charge in [0, 0.05) is 12.7 Å². The maximum absolute atomic E-state index is 12.5. The van der Waals surface area contributed by atoms with E-state index in [1.807, 2.05) is 6.07 Å². The molecule has 0 aliphatic rings. The van der Waals surface area contributed by atoms with Gasteiger partial charge in [0.25, 0.3) is 5.91 Å². The first-order valence-corrected chi connectivity index (χ1v) is 7.98. The molecule has 7 nitrogen and oxygen atoms in total. The fraction of sp³-hybridized carbons (Fsp3) is 0.150. The van der Waals surface area contributed by atoms with Gasteiger partial charge in [-0.3, -0.25) is 4.79 Å². The first-order chi connectivity index (χ1) is 13.1. The van der Waals surface area contributed by atoms with E-state index >= 15 is 0 Å². The third-order valence-electron chi connectivity index (χ3n) is 3.69. The Hall–Kier alpha value is -3.97. The molecule has 0 unspecified atom stereocenters. The number of anilines is 1. The SMILES string of the molecule is COc1ccc(CNC(=O)c2ccccc2NC=C(C#N)C#N)cc1OC. The molecule has 0 saturated heterocycles. The molecule has 0 bridgehead atoms. The summed E-state index contributed by atoms with van der Waals surface area (Å²) in [7, 11) is 3.11. The molecule has 0 radical (unpaired) electrons. The summed E-state index contributed by atoms with van der Waals surface area (Å²) >= 11 is 0. The number of nitriles is 2. The Morgan fingerprint density at radius 2 is 1.78 bits per heavy atom. The molecule has 7 heteroatoms. The van der Waals surface area contributed by atoms with E-state index in [0.29, 0.717) is 29.3 Å². The van der Waals surface area contributed by atoms with E-state index in [-0.39, 0.29) is 11.5 Å². The molecule has 0 heterocycles. The van der Waals surface area contributed by atoms with E-state index in [4.69, 9.17) is 20.0 Å². The number of carbonyl (C=O) groups is 1. The van der Waals surface area contributed by atoms with Gasteiger partial charge in [-0.2, -0.15) is 10.5 Å². The molecular formula is C20H18N4O3. The Morgan fingerprint density at radius 1 is 1.07 bits per heavy atom. The highest BCUT2D eigenvalue weighted by Gasteiger charge is 2.11. The van der Waals surface area contributed by atoms with Gasteiger partial charge in [0.05, 0.1) is 25.5 Å². The third-order valence-corrected chi connectivity index (χ3v) is 3.69. The molecule has 0 saturated carbocycles. The minimum absolute atomic E-state index is 0.0875. The number of benzene rings is 2. The summed E-state index contributed by atoms with van der Waals surface area (Å²) in [6.07, 6.45) is 1.26. The van der Waals surface area contributed by atoms with Gasteiger partial charge in [0.15, 0.2) is 11.5 Å². The topological polar surface area (TPSA) is 107 Å². The van der Waals surface area contributed by atoms with Crippen LogP contribution in [-0.4, -0.2) is 20.1 Å². The number of rotatable bonds is 7. The Labute approximate surface area is 157 Å². The molecule has 0 spiro atoms. The van der Waals surface area contributed by atoms with Crippen molar-refractivity contribution in [2.45, 2.75) is 6.54 Å². The van der Waals surface area contributed by atoms with Gasteiger partial charge in [-0.25, -0.2) is 0 Å². The van der Waals surface area contributed by atoms with Crippen molar-refractivity contribution in [3.8, 4) is 23.6 Å². The highest BCUT2D eigenvalue weighted by molar-refractivity contribution is 5.99. The van der Waals surface area contributed by atoms with Gasteiger partial charge in [0.1, 0.15) is 17.7 Å². The predicted octanol–water partition coefficient (Wildman–Crippen LogP) is 2.98. The molecule has 2 aromatic carbocycles. The van der Waals surface area contributed by atoms with Gasteiger partial charge in [-0.15, -0.1) is 0 Å². The molecule has 2 rings (SSSR count). The van der Waals surface area contributed by atoms with Gasteiger partial charge < -0.3 is 20.1 Å². The molecule has 1 amide bonds. The highest BCUT2D eigenvalue weighted by atomic mass is 16.5. The van der Waals surface area contributed by atoms with Crippen LogP contribution in [0.25, 0.3) is 0 Å². The molecule has 27 heavy (non-hydrogen) atoms. The number of hydrogen-bond donors (Lipinski definition) is 2. The van der Waals surface area contributed by atoms with Crippen molar-refractivity contribution < 1.29 is 14.3 Å². The predicted molar refractivity (Wildman–Crippen MR) is 100 cm³/mol. The van der Waals surface area contributed by atoms with Crippen molar-refractivity contribution >= 4 is 11.6 Å². The summed E-state index contributed by atoms with van der Waals surface area (Å²) in [5, 5.41) is 23.2. The summed E-state index contributed by atoms with van der Waals surface area (Å²) in [6.45, 7) is 0.297. The second-order valence-electron chi connectivity index (χ2n) is 5.34. The number of hydrogen-bond acceptors (Lipinski definition) is 6. The average molecular weight is 362 g/mol. The normalized spacial score (nSPS) is 9.33. The van der Waals surface area contributed by atoms with Crippen molar-refractivity contribution in [1.29, 1.82) is 10.5 Å². The molecule has 0 aliphatic heterocycles. The zero-order chi connectivity index (χ0) is 19.6. The van der Waals surface area contributed by atoms with E-state index in [1.165, 1.54) is 6.20 Å². The largest absolute Gasteiger partial charge is 0.493 e. The maximum Gasteiger partial charge on any atom is 0.253 e. The Balaban J connectivity index is 2.12. The lowest BCUT2D eigenvalue weighted by molar-refractivity contribution is 0.0951. The third kappa shape index (κ3) is 5.00. The second-order valence-corrected chi connectivity index (χ2v) is 5.34. The van der Waals surface area contributed by atoms with Gasteiger partial charge in [-0.05, 0) is 29.8 Å². The average Bonchev–Trinajstić information content (AvgIpc) is 2.72. The van der Waals surface area contributed by atoms with Crippen molar-refractivity contribution in [2.75, 3.05) is 19.5 Å². The van der Waals surface area contributed by atoms with Gasteiger partial charge >= 0.3 is 0 Å². The van der Waals surface area contributed by atoms with Crippen LogP contribution in [0.4, 0.5) is 5.69 Å². The molecule has 0 fully saturated rings. The summed E-state index contributed by atoms with van der Waals surface area (Å²) in [6, 6.07) is 15.7. The van der Waals surface area contributed by atoms with Crippen molar-refractivity contribution in [1.82, 2.24) is 5.32 Å². The van der Waals surface area contributed by atoms with Crippen molar-refractivity contribution in [3.63, 3.8) is 0 Å². The standard InChI is InChI=1S/C20H18N4O3/c1-26-18-8-7-14(9-19(18)27-2)12-24-20(25)16-5-3-4-6-17(16)23-13-15(10-21)11-22/h3-9,13,23H,12H2,1-2H3,(H,24,25). The molecule has 2 N–H and O–H groups in total. The lowest BCUT2D eigenvalue weighted by Crippen LogP contribution is -2.23. The Kier molecular flexibility index (Phi) is 6.81. The first-order valence-electron chi connectivity index (χ1n) is 7.98. The summed E-state index contributed by atoms with van der Waals surface area (Å²) in [4.78, 5) is 12.5. The zero-order valence-electron chi connectivity index (χ0n) is 14.9. The monoisotopic (exact) mass is 362 g/mol. The Bertz CT molecular complexity index is 923. The van der Waals surface area contributed by atoms with Crippen LogP contribution in [-0.2, 0) is 6.54 Å². The van der Waals surface area contributed by atoms with Crippen LogP contribution in [0.15, 0.2) is 54.2 Å². The number of amides is 1. The van der Waals surface area contributed by atoms with Crippen LogP contribution >= 0.6 is 0 Å². The van der Waals surface area contributed by atoms with Crippen LogP contribution in [0.1, 0.15) is 15.9 Å². The summed E-state index contributed by atoms with van der Waals surface area (Å²) < 4.78 is 10.5. The second kappa shape index (κ2) is 9.50. The van der Waals surface area contributed by atoms with Gasteiger partial charge in [0.2, 0.25) is 0 Å². The first kappa shape index (κ1) is 19.4. The number of nitrogens with one attached hydrogen (secondary N) is 2. The molecule has 0 atom stereocenters. The van der Waals surface area contributed by atoms with Crippen molar-refractivity contribution in [3.05, 3.63) is 65.4 Å². The van der Waals surface area contributed by atoms with Crippen LogP contribution in [0.3, 0.4) is 0 Å².